The van der Waals surface area contributed by atoms with Crippen LogP contribution in [0.3, 0.4) is 0 Å². The molecule has 3 aromatic rings. The lowest BCUT2D eigenvalue weighted by molar-refractivity contribution is 0.169. The van der Waals surface area contributed by atoms with Crippen molar-refractivity contribution in [3.8, 4) is 0 Å². The first-order chi connectivity index (χ1) is 11.9. The first kappa shape index (κ1) is 15.6. The van der Waals surface area contributed by atoms with Gasteiger partial charge in [0.1, 0.15) is 23.2 Å². The fourth-order valence-electron chi connectivity index (χ4n) is 3.80. The van der Waals surface area contributed by atoms with Gasteiger partial charge in [-0.05, 0) is 42.8 Å². The summed E-state index contributed by atoms with van der Waals surface area (Å²) in [6.45, 7) is 0.874. The number of hydrogen-bond donors (Lipinski definition) is 0. The summed E-state index contributed by atoms with van der Waals surface area (Å²) in [6.07, 6.45) is 2.28. The van der Waals surface area contributed by atoms with Gasteiger partial charge in [0.05, 0.1) is 6.61 Å². The molecule has 0 saturated carbocycles. The lowest BCUT2D eigenvalue weighted by atomic mass is 10.3. The molecular weight excluding hydrogens is 311 g/mol. The van der Waals surface area contributed by atoms with Crippen LogP contribution < -0.4 is 15.9 Å². The molecule has 4 rings (SSSR count). The summed E-state index contributed by atoms with van der Waals surface area (Å²) < 4.78 is 6.33. The molecule has 1 fully saturated rings. The molecule has 1 saturated heterocycles. The molecule has 0 bridgehead atoms. The molecule has 3 aromatic carbocycles. The van der Waals surface area contributed by atoms with Crippen LogP contribution >= 0.6 is 7.26 Å². The summed E-state index contributed by atoms with van der Waals surface area (Å²) in [5.41, 5.74) is 0. The summed E-state index contributed by atoms with van der Waals surface area (Å²) in [5.74, 6) is 0.268. The molecule has 2 heteroatoms. The van der Waals surface area contributed by atoms with Crippen molar-refractivity contribution in [3.63, 3.8) is 0 Å². The van der Waals surface area contributed by atoms with Crippen LogP contribution in [-0.4, -0.2) is 12.5 Å². The Morgan fingerprint density at radius 1 is 0.625 bits per heavy atom. The van der Waals surface area contributed by atoms with Crippen LogP contribution in [0.5, 0.6) is 0 Å². The second-order valence-corrected chi connectivity index (χ2v) is 9.77. The Bertz CT molecular complexity index is 668. The summed E-state index contributed by atoms with van der Waals surface area (Å²) in [4.78, 5) is 0. The quantitative estimate of drug-likeness (QED) is 0.653. The summed E-state index contributed by atoms with van der Waals surface area (Å²) >= 11 is 0. The molecule has 0 amide bonds. The third kappa shape index (κ3) is 2.59. The Hall–Kier alpha value is -1.95. The summed E-state index contributed by atoms with van der Waals surface area (Å²) in [7, 11) is -1.82. The van der Waals surface area contributed by atoms with Gasteiger partial charge < -0.3 is 4.74 Å². The van der Waals surface area contributed by atoms with E-state index in [9.17, 15) is 0 Å². The van der Waals surface area contributed by atoms with Crippen molar-refractivity contribution >= 4 is 23.2 Å². The van der Waals surface area contributed by atoms with Crippen molar-refractivity contribution in [2.24, 2.45) is 0 Å². The van der Waals surface area contributed by atoms with E-state index in [1.165, 1.54) is 15.9 Å². The van der Waals surface area contributed by atoms with Crippen LogP contribution in [0.2, 0.25) is 0 Å². The van der Waals surface area contributed by atoms with E-state index in [0.717, 1.165) is 19.4 Å². The van der Waals surface area contributed by atoms with Gasteiger partial charge in [0.2, 0.25) is 0 Å². The van der Waals surface area contributed by atoms with Crippen molar-refractivity contribution in [2.45, 2.75) is 18.7 Å². The molecule has 24 heavy (non-hydrogen) atoms. The molecule has 1 aliphatic rings. The molecule has 1 nitrogen and oxygen atoms in total. The van der Waals surface area contributed by atoms with Crippen molar-refractivity contribution in [1.82, 2.24) is 0 Å². The molecule has 120 valence electrons. The summed E-state index contributed by atoms with van der Waals surface area (Å²) in [6, 6.07) is 33.0. The normalized spacial score (nSPS) is 17.8. The zero-order valence-corrected chi connectivity index (χ0v) is 14.6. The van der Waals surface area contributed by atoms with E-state index in [-0.39, 0.29) is 5.85 Å². The van der Waals surface area contributed by atoms with E-state index in [4.69, 9.17) is 4.74 Å². The topological polar surface area (TPSA) is 9.23 Å². The molecule has 0 spiro atoms. The van der Waals surface area contributed by atoms with E-state index in [2.05, 4.69) is 91.0 Å². The van der Waals surface area contributed by atoms with E-state index in [1.54, 1.807) is 0 Å². The zero-order valence-electron chi connectivity index (χ0n) is 13.7. The minimum atomic E-state index is -1.82. The van der Waals surface area contributed by atoms with Crippen LogP contribution in [0.1, 0.15) is 12.8 Å². The fraction of sp³-hybridized carbons (Fsp3) is 0.182. The number of hydrogen-bond acceptors (Lipinski definition) is 1. The van der Waals surface area contributed by atoms with E-state index >= 15 is 0 Å². The lowest BCUT2D eigenvalue weighted by Crippen LogP contribution is -2.38. The van der Waals surface area contributed by atoms with Gasteiger partial charge in [-0.2, -0.15) is 0 Å². The van der Waals surface area contributed by atoms with Gasteiger partial charge in [0.25, 0.3) is 0 Å². The zero-order chi connectivity index (χ0) is 16.2. The van der Waals surface area contributed by atoms with Gasteiger partial charge in [-0.25, -0.2) is 0 Å². The van der Waals surface area contributed by atoms with Gasteiger partial charge in [-0.1, -0.05) is 54.6 Å². The van der Waals surface area contributed by atoms with Crippen LogP contribution in [-0.2, 0) is 4.74 Å². The molecular formula is C22H22OP+. The molecule has 0 radical (unpaired) electrons. The number of ether oxygens (including phenoxy) is 1. The average Bonchev–Trinajstić information content (AvgIpc) is 3.20. The highest BCUT2D eigenvalue weighted by molar-refractivity contribution is 7.96. The molecule has 0 N–H and O–H groups in total. The average molecular weight is 333 g/mol. The molecule has 1 atom stereocenters. The van der Waals surface area contributed by atoms with Gasteiger partial charge in [0.15, 0.2) is 5.85 Å². The third-order valence-electron chi connectivity index (χ3n) is 4.83. The van der Waals surface area contributed by atoms with Crippen LogP contribution in [0.25, 0.3) is 0 Å². The number of rotatable bonds is 4. The van der Waals surface area contributed by atoms with Gasteiger partial charge in [-0.15, -0.1) is 0 Å². The highest BCUT2D eigenvalue weighted by Crippen LogP contribution is 2.62. The smallest absolute Gasteiger partial charge is 0.181 e. The van der Waals surface area contributed by atoms with Crippen LogP contribution in [0, 0.1) is 0 Å². The predicted molar refractivity (Wildman–Crippen MR) is 104 cm³/mol. The Balaban J connectivity index is 2.03. The maximum atomic E-state index is 6.33. The molecule has 1 aliphatic heterocycles. The van der Waals surface area contributed by atoms with Crippen LogP contribution in [0.4, 0.5) is 0 Å². The Kier molecular flexibility index (Phi) is 4.47. The Morgan fingerprint density at radius 3 is 1.38 bits per heavy atom. The fourth-order valence-corrected chi connectivity index (χ4v) is 8.52. The SMILES string of the molecule is c1ccc([P+](c2ccccc2)(c2ccccc2)C2CCCO2)cc1. The Labute approximate surface area is 144 Å². The molecule has 0 aromatic heterocycles. The van der Waals surface area contributed by atoms with Crippen molar-refractivity contribution in [2.75, 3.05) is 6.61 Å². The molecule has 1 unspecified atom stereocenters. The third-order valence-corrected chi connectivity index (χ3v) is 9.44. The second-order valence-electron chi connectivity index (χ2n) is 6.20. The van der Waals surface area contributed by atoms with E-state index in [1.807, 2.05) is 0 Å². The van der Waals surface area contributed by atoms with Crippen molar-refractivity contribution < 1.29 is 4.74 Å². The number of benzene rings is 3. The maximum absolute atomic E-state index is 6.33. The first-order valence-corrected chi connectivity index (χ1v) is 10.5. The first-order valence-electron chi connectivity index (χ1n) is 8.59. The van der Waals surface area contributed by atoms with Gasteiger partial charge >= 0.3 is 0 Å². The molecule has 0 aliphatic carbocycles. The van der Waals surface area contributed by atoms with E-state index in [0.29, 0.717) is 0 Å². The molecule has 1 heterocycles. The van der Waals surface area contributed by atoms with Gasteiger partial charge in [-0.3, -0.25) is 0 Å². The largest absolute Gasteiger partial charge is 0.343 e. The van der Waals surface area contributed by atoms with Crippen molar-refractivity contribution in [3.05, 3.63) is 91.0 Å². The van der Waals surface area contributed by atoms with Crippen molar-refractivity contribution in [1.29, 1.82) is 0 Å². The minimum absolute atomic E-state index is 0.268. The lowest BCUT2D eigenvalue weighted by Gasteiger charge is -2.31. The Morgan fingerprint density at radius 2 is 1.04 bits per heavy atom. The maximum Gasteiger partial charge on any atom is 0.181 e. The highest BCUT2D eigenvalue weighted by Gasteiger charge is 2.54. The minimum Gasteiger partial charge on any atom is -0.343 e. The predicted octanol–water partition coefficient (Wildman–Crippen LogP) is 4.12. The summed E-state index contributed by atoms with van der Waals surface area (Å²) in [5, 5.41) is 4.23. The van der Waals surface area contributed by atoms with Gasteiger partial charge in [0, 0.05) is 6.42 Å². The monoisotopic (exact) mass is 333 g/mol. The standard InChI is InChI=1S/C22H22OP/c1-4-11-19(12-5-1)24(22-17-10-18-23-22,20-13-6-2-7-14-20)21-15-8-3-9-16-21/h1-9,11-16,22H,10,17-18H2/q+1. The van der Waals surface area contributed by atoms with Crippen LogP contribution in [0.15, 0.2) is 91.0 Å². The second kappa shape index (κ2) is 6.89. The van der Waals surface area contributed by atoms with E-state index < -0.39 is 7.26 Å². The highest BCUT2D eigenvalue weighted by atomic mass is 31.2.